The summed E-state index contributed by atoms with van der Waals surface area (Å²) in [5.41, 5.74) is 0. The molecule has 74 valence electrons. The lowest BCUT2D eigenvalue weighted by atomic mass is 10.0. The van der Waals surface area contributed by atoms with Gasteiger partial charge in [0.2, 0.25) is 0 Å². The Morgan fingerprint density at radius 2 is 2.15 bits per heavy atom. The molecule has 4 nitrogen and oxygen atoms in total. The molecule has 4 heteroatoms. The molecular formula is C9H14O4. The molecule has 1 rings (SSSR count). The summed E-state index contributed by atoms with van der Waals surface area (Å²) in [7, 11) is 1.37. The van der Waals surface area contributed by atoms with Crippen LogP contribution in [0.4, 0.5) is 0 Å². The third-order valence-corrected chi connectivity index (χ3v) is 2.54. The number of hydrogen-bond acceptors (Lipinski definition) is 3. The zero-order valence-electron chi connectivity index (χ0n) is 7.66. The standard InChI is InChI=1S/C9H14O4/c1-13-9(12)7-3-2-6(4-7)5-8(10)11/h6-7H,2-5H2,1H3,(H,10,11). The van der Waals surface area contributed by atoms with Gasteiger partial charge in [0.05, 0.1) is 13.0 Å². The Morgan fingerprint density at radius 1 is 1.46 bits per heavy atom. The molecule has 1 N–H and O–H groups in total. The van der Waals surface area contributed by atoms with Crippen LogP contribution in [0, 0.1) is 11.8 Å². The van der Waals surface area contributed by atoms with Crippen LogP contribution in [-0.2, 0) is 14.3 Å². The summed E-state index contributed by atoms with van der Waals surface area (Å²) in [6.07, 6.45) is 2.43. The number of carboxylic acid groups (broad SMARTS) is 1. The lowest BCUT2D eigenvalue weighted by molar-refractivity contribution is -0.145. The van der Waals surface area contributed by atoms with Crippen LogP contribution in [0.2, 0.25) is 0 Å². The van der Waals surface area contributed by atoms with E-state index in [2.05, 4.69) is 4.74 Å². The highest BCUT2D eigenvalue weighted by Crippen LogP contribution is 2.33. The summed E-state index contributed by atoms with van der Waals surface area (Å²) in [5, 5.41) is 8.54. The van der Waals surface area contributed by atoms with Crippen molar-refractivity contribution in [1.29, 1.82) is 0 Å². The first kappa shape index (κ1) is 10.0. The normalized spacial score (nSPS) is 27.2. The van der Waals surface area contributed by atoms with E-state index in [4.69, 9.17) is 5.11 Å². The highest BCUT2D eigenvalue weighted by molar-refractivity contribution is 5.73. The van der Waals surface area contributed by atoms with Gasteiger partial charge >= 0.3 is 11.9 Å². The minimum atomic E-state index is -0.782. The van der Waals surface area contributed by atoms with E-state index in [-0.39, 0.29) is 24.2 Å². The molecule has 1 aliphatic carbocycles. The molecule has 2 atom stereocenters. The highest BCUT2D eigenvalue weighted by atomic mass is 16.5. The lowest BCUT2D eigenvalue weighted by Crippen LogP contribution is -2.13. The predicted octanol–water partition coefficient (Wildman–Crippen LogP) is 1.05. The Morgan fingerprint density at radius 3 is 2.69 bits per heavy atom. The van der Waals surface area contributed by atoms with Crippen molar-refractivity contribution in [3.63, 3.8) is 0 Å². The number of rotatable bonds is 3. The SMILES string of the molecule is COC(=O)C1CCC(CC(=O)O)C1. The van der Waals surface area contributed by atoms with Crippen molar-refractivity contribution in [3.8, 4) is 0 Å². The van der Waals surface area contributed by atoms with Crippen molar-refractivity contribution < 1.29 is 19.4 Å². The molecule has 0 aromatic rings. The molecular weight excluding hydrogens is 172 g/mol. The van der Waals surface area contributed by atoms with Gasteiger partial charge in [0.25, 0.3) is 0 Å². The summed E-state index contributed by atoms with van der Waals surface area (Å²) in [6, 6.07) is 0. The fraction of sp³-hybridized carbons (Fsp3) is 0.778. The lowest BCUT2D eigenvalue weighted by Gasteiger charge is -2.06. The summed E-state index contributed by atoms with van der Waals surface area (Å²) in [4.78, 5) is 21.5. The molecule has 0 amide bonds. The first-order valence-corrected chi connectivity index (χ1v) is 4.43. The zero-order valence-corrected chi connectivity index (χ0v) is 7.66. The summed E-state index contributed by atoms with van der Waals surface area (Å²) < 4.78 is 4.60. The van der Waals surface area contributed by atoms with E-state index in [1.807, 2.05) is 0 Å². The number of carbonyl (C=O) groups excluding carboxylic acids is 1. The molecule has 0 aliphatic heterocycles. The Balaban J connectivity index is 2.36. The average molecular weight is 186 g/mol. The molecule has 0 heterocycles. The maximum atomic E-state index is 11.1. The second kappa shape index (κ2) is 4.25. The van der Waals surface area contributed by atoms with Crippen LogP contribution >= 0.6 is 0 Å². The van der Waals surface area contributed by atoms with E-state index in [1.165, 1.54) is 7.11 Å². The van der Waals surface area contributed by atoms with Crippen molar-refractivity contribution in [1.82, 2.24) is 0 Å². The number of aliphatic carboxylic acids is 1. The van der Waals surface area contributed by atoms with Crippen molar-refractivity contribution in [3.05, 3.63) is 0 Å². The van der Waals surface area contributed by atoms with Gasteiger partial charge in [-0.3, -0.25) is 9.59 Å². The topological polar surface area (TPSA) is 63.6 Å². The van der Waals surface area contributed by atoms with E-state index in [0.717, 1.165) is 12.8 Å². The maximum Gasteiger partial charge on any atom is 0.308 e. The van der Waals surface area contributed by atoms with Gasteiger partial charge in [0, 0.05) is 6.42 Å². The Kier molecular flexibility index (Phi) is 3.28. The van der Waals surface area contributed by atoms with Crippen molar-refractivity contribution in [2.75, 3.05) is 7.11 Å². The molecule has 1 saturated carbocycles. The Bertz CT molecular complexity index is 212. The number of esters is 1. The van der Waals surface area contributed by atoms with Crippen molar-refractivity contribution in [2.24, 2.45) is 11.8 Å². The minimum Gasteiger partial charge on any atom is -0.481 e. The van der Waals surface area contributed by atoms with Crippen LogP contribution in [0.15, 0.2) is 0 Å². The molecule has 0 radical (unpaired) electrons. The van der Waals surface area contributed by atoms with Gasteiger partial charge in [-0.1, -0.05) is 0 Å². The van der Waals surface area contributed by atoms with Gasteiger partial charge in [-0.2, -0.15) is 0 Å². The van der Waals surface area contributed by atoms with Crippen LogP contribution in [0.5, 0.6) is 0 Å². The third kappa shape index (κ3) is 2.72. The van der Waals surface area contributed by atoms with Crippen LogP contribution in [0.1, 0.15) is 25.7 Å². The quantitative estimate of drug-likeness (QED) is 0.669. The average Bonchev–Trinajstić information content (AvgIpc) is 2.50. The Labute approximate surface area is 76.9 Å². The second-order valence-corrected chi connectivity index (χ2v) is 3.50. The molecule has 1 aliphatic rings. The number of methoxy groups -OCH3 is 1. The summed E-state index contributed by atoms with van der Waals surface area (Å²) in [6.45, 7) is 0. The molecule has 0 saturated heterocycles. The van der Waals surface area contributed by atoms with Gasteiger partial charge in [-0.15, -0.1) is 0 Å². The molecule has 2 unspecified atom stereocenters. The molecule has 0 bridgehead atoms. The van der Waals surface area contributed by atoms with Crippen molar-refractivity contribution in [2.45, 2.75) is 25.7 Å². The van der Waals surface area contributed by atoms with Gasteiger partial charge in [0.15, 0.2) is 0 Å². The number of carbonyl (C=O) groups is 2. The monoisotopic (exact) mass is 186 g/mol. The number of ether oxygens (including phenoxy) is 1. The van der Waals surface area contributed by atoms with Gasteiger partial charge in [0.1, 0.15) is 0 Å². The van der Waals surface area contributed by atoms with E-state index < -0.39 is 5.97 Å². The molecule has 0 spiro atoms. The summed E-state index contributed by atoms with van der Waals surface area (Å²) in [5.74, 6) is -0.903. The predicted molar refractivity (Wildman–Crippen MR) is 45.1 cm³/mol. The van der Waals surface area contributed by atoms with Crippen LogP contribution < -0.4 is 0 Å². The molecule has 1 fully saturated rings. The van der Waals surface area contributed by atoms with Crippen LogP contribution in [-0.4, -0.2) is 24.2 Å². The number of carboxylic acids is 1. The zero-order chi connectivity index (χ0) is 9.84. The van der Waals surface area contributed by atoms with E-state index in [1.54, 1.807) is 0 Å². The smallest absolute Gasteiger partial charge is 0.308 e. The van der Waals surface area contributed by atoms with Gasteiger partial charge < -0.3 is 9.84 Å². The van der Waals surface area contributed by atoms with Gasteiger partial charge in [-0.25, -0.2) is 0 Å². The fourth-order valence-corrected chi connectivity index (χ4v) is 1.89. The fourth-order valence-electron chi connectivity index (χ4n) is 1.89. The number of hydrogen-bond donors (Lipinski definition) is 1. The van der Waals surface area contributed by atoms with Gasteiger partial charge in [-0.05, 0) is 25.2 Å². The maximum absolute atomic E-state index is 11.1. The largest absolute Gasteiger partial charge is 0.481 e. The first-order valence-electron chi connectivity index (χ1n) is 4.43. The first-order chi connectivity index (χ1) is 6.13. The molecule has 0 aromatic heterocycles. The second-order valence-electron chi connectivity index (χ2n) is 3.50. The van der Waals surface area contributed by atoms with E-state index >= 15 is 0 Å². The van der Waals surface area contributed by atoms with Crippen LogP contribution in [0.3, 0.4) is 0 Å². The van der Waals surface area contributed by atoms with E-state index in [0.29, 0.717) is 6.42 Å². The molecule has 13 heavy (non-hydrogen) atoms. The third-order valence-electron chi connectivity index (χ3n) is 2.54. The molecule has 0 aromatic carbocycles. The Hall–Kier alpha value is -1.06. The summed E-state index contributed by atoms with van der Waals surface area (Å²) >= 11 is 0. The van der Waals surface area contributed by atoms with Crippen LogP contribution in [0.25, 0.3) is 0 Å². The highest BCUT2D eigenvalue weighted by Gasteiger charge is 2.31. The van der Waals surface area contributed by atoms with Crippen molar-refractivity contribution >= 4 is 11.9 Å². The minimum absolute atomic E-state index is 0.0747. The van der Waals surface area contributed by atoms with E-state index in [9.17, 15) is 9.59 Å².